The second-order valence-corrected chi connectivity index (χ2v) is 7.25. The summed E-state index contributed by atoms with van der Waals surface area (Å²) in [5.74, 6) is -0.907. The van der Waals surface area contributed by atoms with Gasteiger partial charge >= 0.3 is 0 Å². The van der Waals surface area contributed by atoms with E-state index in [4.69, 9.17) is 12.2 Å². The van der Waals surface area contributed by atoms with Crippen molar-refractivity contribution in [3.05, 3.63) is 64.7 Å². The molecular weight excluding hydrogens is 384 g/mol. The molecule has 2 unspecified atom stereocenters. The average molecular weight is 399 g/mol. The maximum atomic E-state index is 14.1. The molecule has 1 saturated heterocycles. The number of anilines is 1. The van der Waals surface area contributed by atoms with Gasteiger partial charge in [0.2, 0.25) is 5.91 Å². The summed E-state index contributed by atoms with van der Waals surface area (Å²) < 4.78 is 27.6. The van der Waals surface area contributed by atoms with Gasteiger partial charge in [-0.1, -0.05) is 12.1 Å². The molecule has 0 spiro atoms. The van der Waals surface area contributed by atoms with Gasteiger partial charge < -0.3 is 16.1 Å². The van der Waals surface area contributed by atoms with Crippen LogP contribution in [0.15, 0.2) is 41.5 Å². The molecule has 9 heteroatoms. The van der Waals surface area contributed by atoms with E-state index in [1.807, 2.05) is 0 Å². The number of carbonyl (C=O) groups excluding carboxylic acids is 1. The number of amides is 1. The predicted molar refractivity (Wildman–Crippen MR) is 104 cm³/mol. The summed E-state index contributed by atoms with van der Waals surface area (Å²) >= 11 is 5.36. The van der Waals surface area contributed by atoms with Gasteiger partial charge in [-0.25, -0.2) is 8.78 Å². The predicted octanol–water partition coefficient (Wildman–Crippen LogP) is 2.02. The third-order valence-corrected chi connectivity index (χ3v) is 5.54. The molecule has 142 valence electrons. The molecule has 3 heterocycles. The van der Waals surface area contributed by atoms with Gasteiger partial charge in [-0.15, -0.1) is 0 Å². The number of thiocarbonyl (C=S) groups is 1. The van der Waals surface area contributed by atoms with E-state index in [2.05, 4.69) is 21.2 Å². The molecule has 2 atom stereocenters. The van der Waals surface area contributed by atoms with Crippen LogP contribution < -0.4 is 16.1 Å². The number of nitrogens with zero attached hydrogens (tertiary/aromatic N) is 2. The van der Waals surface area contributed by atoms with Gasteiger partial charge in [0.05, 0.1) is 24.8 Å². The van der Waals surface area contributed by atoms with Gasteiger partial charge in [-0.05, 0) is 47.6 Å². The largest absolute Gasteiger partial charge is 0.375 e. The van der Waals surface area contributed by atoms with Crippen LogP contribution in [0.4, 0.5) is 14.5 Å². The first-order valence-electron chi connectivity index (χ1n) is 8.78. The molecule has 0 saturated carbocycles. The molecule has 0 aliphatic carbocycles. The van der Waals surface area contributed by atoms with Crippen LogP contribution >= 0.6 is 12.2 Å². The summed E-state index contributed by atoms with van der Waals surface area (Å²) in [6.07, 6.45) is 0. The summed E-state index contributed by atoms with van der Waals surface area (Å²) in [5, 5.41) is 11.0. The molecule has 0 aromatic heterocycles. The molecule has 3 aliphatic rings. The highest BCUT2D eigenvalue weighted by molar-refractivity contribution is 7.80. The molecular formula is C19H15F2N5OS. The van der Waals surface area contributed by atoms with Crippen LogP contribution in [0.25, 0.3) is 0 Å². The topological polar surface area (TPSA) is 68.8 Å². The second kappa shape index (κ2) is 6.23. The first kappa shape index (κ1) is 17.1. The van der Waals surface area contributed by atoms with Gasteiger partial charge in [0.25, 0.3) is 0 Å². The van der Waals surface area contributed by atoms with E-state index in [0.717, 1.165) is 16.7 Å². The minimum absolute atomic E-state index is 0.106. The lowest BCUT2D eigenvalue weighted by molar-refractivity contribution is -0.125. The molecule has 3 aliphatic heterocycles. The van der Waals surface area contributed by atoms with Crippen LogP contribution in [0.1, 0.15) is 22.7 Å². The quantitative estimate of drug-likeness (QED) is 0.675. The van der Waals surface area contributed by atoms with E-state index in [1.165, 1.54) is 29.2 Å². The fourth-order valence-corrected chi connectivity index (χ4v) is 4.31. The van der Waals surface area contributed by atoms with E-state index in [9.17, 15) is 13.6 Å². The van der Waals surface area contributed by atoms with E-state index in [0.29, 0.717) is 23.1 Å². The Morgan fingerprint density at radius 2 is 1.89 bits per heavy atom. The second-order valence-electron chi connectivity index (χ2n) is 6.86. The summed E-state index contributed by atoms with van der Waals surface area (Å²) in [6.45, 7) is 0.491. The van der Waals surface area contributed by atoms with Gasteiger partial charge in [0, 0.05) is 11.3 Å². The fraction of sp³-hybridized carbons (Fsp3) is 0.211. The maximum Gasteiger partial charge on any atom is 0.248 e. The van der Waals surface area contributed by atoms with Crippen molar-refractivity contribution in [2.24, 2.45) is 5.10 Å². The Bertz CT molecular complexity index is 1020. The minimum atomic E-state index is -0.565. The highest BCUT2D eigenvalue weighted by atomic mass is 32.1. The number of rotatable bonds is 2. The lowest BCUT2D eigenvalue weighted by Gasteiger charge is -2.42. The van der Waals surface area contributed by atoms with Gasteiger partial charge in [0.15, 0.2) is 5.11 Å². The summed E-state index contributed by atoms with van der Waals surface area (Å²) in [5.41, 5.74) is 6.37. The average Bonchev–Trinajstić information content (AvgIpc) is 3.00. The first-order chi connectivity index (χ1) is 13.5. The van der Waals surface area contributed by atoms with Gasteiger partial charge in [-0.2, -0.15) is 5.10 Å². The molecule has 3 N–H and O–H groups in total. The van der Waals surface area contributed by atoms with Crippen molar-refractivity contribution in [3.63, 3.8) is 0 Å². The molecule has 2 aromatic rings. The molecule has 1 amide bonds. The van der Waals surface area contributed by atoms with Crippen molar-refractivity contribution in [1.82, 2.24) is 15.6 Å². The van der Waals surface area contributed by atoms with Crippen LogP contribution in [-0.2, 0) is 11.3 Å². The van der Waals surface area contributed by atoms with Crippen molar-refractivity contribution < 1.29 is 13.6 Å². The normalized spacial score (nSPS) is 22.8. The Kier molecular flexibility index (Phi) is 3.80. The Morgan fingerprint density at radius 1 is 1.11 bits per heavy atom. The maximum absolute atomic E-state index is 14.1. The Morgan fingerprint density at radius 3 is 2.61 bits per heavy atom. The van der Waals surface area contributed by atoms with Crippen molar-refractivity contribution in [2.75, 3.05) is 11.9 Å². The van der Waals surface area contributed by atoms with E-state index in [1.54, 1.807) is 12.1 Å². The number of hydrogen-bond donors (Lipinski definition) is 3. The molecule has 28 heavy (non-hydrogen) atoms. The fourth-order valence-electron chi connectivity index (χ4n) is 4.03. The molecule has 5 rings (SSSR count). The Hall–Kier alpha value is -3.07. The van der Waals surface area contributed by atoms with Crippen LogP contribution in [0.3, 0.4) is 0 Å². The van der Waals surface area contributed by atoms with Crippen LogP contribution in [0, 0.1) is 11.6 Å². The van der Waals surface area contributed by atoms with E-state index < -0.39 is 12.1 Å². The zero-order valence-electron chi connectivity index (χ0n) is 14.5. The number of carbonyl (C=O) groups is 1. The number of hydrazone groups is 1. The highest BCUT2D eigenvalue weighted by Gasteiger charge is 2.45. The first-order valence-corrected chi connectivity index (χ1v) is 9.19. The lowest BCUT2D eigenvalue weighted by atomic mass is 9.83. The van der Waals surface area contributed by atoms with Crippen molar-refractivity contribution in [2.45, 2.75) is 18.6 Å². The molecule has 0 bridgehead atoms. The highest BCUT2D eigenvalue weighted by Crippen LogP contribution is 2.39. The van der Waals surface area contributed by atoms with Gasteiger partial charge in [0.1, 0.15) is 17.7 Å². The van der Waals surface area contributed by atoms with E-state index >= 15 is 0 Å². The molecule has 2 aromatic carbocycles. The zero-order chi connectivity index (χ0) is 19.4. The van der Waals surface area contributed by atoms with Crippen molar-refractivity contribution in [3.8, 4) is 0 Å². The summed E-state index contributed by atoms with van der Waals surface area (Å²) in [7, 11) is 0. The molecule has 6 nitrogen and oxygen atoms in total. The van der Waals surface area contributed by atoms with Crippen molar-refractivity contribution >= 4 is 34.6 Å². The SMILES string of the molecule is O=C1CNC(=S)N1C1C2=NNCc3cc(F)cc(c32)NC1c1ccc(F)cc1. The number of nitrogens with one attached hydrogen (secondary N) is 3. The zero-order valence-corrected chi connectivity index (χ0v) is 15.3. The molecule has 0 radical (unpaired) electrons. The standard InChI is InChI=1S/C19H15F2N5OS/c20-11-3-1-9(2-4-11)16-18(26-14(27)8-22-19(26)28)17-15-10(7-23-25-17)5-12(21)6-13(15)24-16/h1-6,16,18,23-24H,7-8H2,(H,22,28). The Labute approximate surface area is 164 Å². The van der Waals surface area contributed by atoms with Crippen LogP contribution in [0.5, 0.6) is 0 Å². The monoisotopic (exact) mass is 399 g/mol. The number of halogens is 2. The summed E-state index contributed by atoms with van der Waals surface area (Å²) in [4.78, 5) is 14.1. The van der Waals surface area contributed by atoms with Crippen molar-refractivity contribution in [1.29, 1.82) is 0 Å². The summed E-state index contributed by atoms with van der Waals surface area (Å²) in [6, 6.07) is 7.80. The Balaban J connectivity index is 1.71. The lowest BCUT2D eigenvalue weighted by Crippen LogP contribution is -2.54. The number of hydrogen-bond acceptors (Lipinski definition) is 5. The van der Waals surface area contributed by atoms with E-state index in [-0.39, 0.29) is 24.1 Å². The van der Waals surface area contributed by atoms with Gasteiger partial charge in [-0.3, -0.25) is 9.69 Å². The van der Waals surface area contributed by atoms with Crippen LogP contribution in [-0.4, -0.2) is 34.2 Å². The molecule has 1 fully saturated rings. The third kappa shape index (κ3) is 2.54. The third-order valence-electron chi connectivity index (χ3n) is 5.20. The minimum Gasteiger partial charge on any atom is -0.375 e. The van der Waals surface area contributed by atoms with Crippen LogP contribution in [0.2, 0.25) is 0 Å². The smallest absolute Gasteiger partial charge is 0.248 e. The number of benzene rings is 2.